The number of pyridine rings is 4. The highest BCUT2D eigenvalue weighted by atomic mass is 16.5. The van der Waals surface area contributed by atoms with Gasteiger partial charge in [0, 0.05) is 244 Å². The minimum Gasteiger partial charge on any atom is -0.496 e. The van der Waals surface area contributed by atoms with E-state index in [2.05, 4.69) is 146 Å². The van der Waals surface area contributed by atoms with Crippen molar-refractivity contribution >= 4 is 91.5 Å². The molecule has 128 heavy (non-hydrogen) atoms. The molecule has 0 bridgehead atoms. The van der Waals surface area contributed by atoms with Gasteiger partial charge in [-0.25, -0.2) is 59.8 Å². The number of ether oxygens (including phenoxy) is 7. The Morgan fingerprint density at radius 3 is 1.22 bits per heavy atom. The number of nitrogens with one attached hydrogen (secondary N) is 4. The van der Waals surface area contributed by atoms with Crippen LogP contribution in [0.25, 0.3) is 73.2 Å². The number of hydrogen-bond donors (Lipinski definition) is 4. The minimum atomic E-state index is 0.142. The Bertz CT molecular complexity index is 6770. The Morgan fingerprint density at radius 2 is 0.836 bits per heavy atom. The van der Waals surface area contributed by atoms with Crippen molar-refractivity contribution in [3.63, 3.8) is 0 Å². The molecular formula is C95H97N25O8. The Hall–Kier alpha value is -15.3. The van der Waals surface area contributed by atoms with Gasteiger partial charge < -0.3 is 86.7 Å². The van der Waals surface area contributed by atoms with E-state index in [0.717, 1.165) is 282 Å². The summed E-state index contributed by atoms with van der Waals surface area (Å²) in [7, 11) is 7.34. The van der Waals surface area contributed by atoms with Gasteiger partial charge in [-0.05, 0) is 150 Å². The van der Waals surface area contributed by atoms with Gasteiger partial charge in [0.1, 0.15) is 11.5 Å². The summed E-state index contributed by atoms with van der Waals surface area (Å²) in [5.74, 6) is 7.34. The van der Waals surface area contributed by atoms with E-state index < -0.39 is 0 Å². The number of nitrogens with zero attached hydrogens (tertiary/aromatic N) is 21. The summed E-state index contributed by atoms with van der Waals surface area (Å²) < 4.78 is 49.1. The third kappa shape index (κ3) is 18.1. The number of anilines is 10. The number of carbonyl (C=O) groups excluding carboxylic acids is 1. The largest absolute Gasteiger partial charge is 0.496 e. The second-order valence-corrected chi connectivity index (χ2v) is 32.2. The van der Waals surface area contributed by atoms with Gasteiger partial charge in [0.2, 0.25) is 29.4 Å². The molecule has 0 radical (unpaired) electrons. The molecule has 0 unspecified atom stereocenters. The van der Waals surface area contributed by atoms with Crippen molar-refractivity contribution in [3.05, 3.63) is 230 Å². The number of fused-ring (bicyclic) bond motifs is 8. The molecule has 0 aliphatic carbocycles. The minimum absolute atomic E-state index is 0.142. The fourth-order valence-electron chi connectivity index (χ4n) is 16.3. The molecule has 33 heteroatoms. The molecule has 33 nitrogen and oxygen atoms in total. The van der Waals surface area contributed by atoms with E-state index in [1.807, 2.05) is 157 Å². The van der Waals surface area contributed by atoms with Crippen LogP contribution >= 0.6 is 0 Å². The average Bonchev–Trinajstić information content (AvgIpc) is 1.55. The molecule has 1 fully saturated rings. The molecular weight excluding hydrogens is 1620 g/mol. The normalized spacial score (nSPS) is 14.4. The molecule has 6 aliphatic rings. The van der Waals surface area contributed by atoms with E-state index in [1.165, 1.54) is 5.57 Å². The maximum Gasteiger partial charge on any atom is 0.219 e. The average molecular weight is 1720 g/mol. The Morgan fingerprint density at radius 1 is 0.438 bits per heavy atom. The van der Waals surface area contributed by atoms with Crippen LogP contribution in [-0.4, -0.2) is 192 Å². The highest BCUT2D eigenvalue weighted by molar-refractivity contribution is 5.81. The van der Waals surface area contributed by atoms with Crippen molar-refractivity contribution < 1.29 is 38.0 Å². The predicted octanol–water partition coefficient (Wildman–Crippen LogP) is 15.8. The van der Waals surface area contributed by atoms with E-state index >= 15 is 0 Å². The molecule has 0 atom stereocenters. The fraction of sp³-hybridized carbons (Fsp3) is 0.284. The maximum atomic E-state index is 11.6. The smallest absolute Gasteiger partial charge is 0.219 e. The molecule has 6 aliphatic heterocycles. The zero-order valence-electron chi connectivity index (χ0n) is 72.2. The Labute approximate surface area is 737 Å². The number of methoxy groups -OCH3 is 2. The van der Waals surface area contributed by atoms with Gasteiger partial charge in [-0.15, -0.1) is 0 Å². The van der Waals surface area contributed by atoms with E-state index in [0.29, 0.717) is 35.9 Å². The number of hydrogen-bond acceptors (Lipinski definition) is 27. The lowest BCUT2D eigenvalue weighted by Gasteiger charge is -2.35. The quantitative estimate of drug-likeness (QED) is 0.0620. The number of benzene rings is 3. The number of rotatable bonds is 18. The van der Waals surface area contributed by atoms with Crippen molar-refractivity contribution in [1.29, 1.82) is 0 Å². The van der Waals surface area contributed by atoms with Crippen LogP contribution in [-0.2, 0) is 35.2 Å². The van der Waals surface area contributed by atoms with E-state index in [-0.39, 0.29) is 5.91 Å². The monoisotopic (exact) mass is 1720 g/mol. The highest BCUT2D eigenvalue weighted by Gasteiger charge is 2.25. The summed E-state index contributed by atoms with van der Waals surface area (Å²) in [5, 5.41) is 18.0. The lowest BCUT2D eigenvalue weighted by Crippen LogP contribution is -2.48. The Balaban J connectivity index is 0.000000111. The van der Waals surface area contributed by atoms with Crippen molar-refractivity contribution in [1.82, 2.24) is 92.1 Å². The van der Waals surface area contributed by atoms with Gasteiger partial charge in [0.25, 0.3) is 0 Å². The zero-order valence-corrected chi connectivity index (χ0v) is 72.2. The summed E-state index contributed by atoms with van der Waals surface area (Å²) in [6.07, 6.45) is 44.5. The number of aromatic nitrogens is 18. The SMILES string of the molecule is CC(=O)N1CCN(c2ccc(Nc3nc(-c4cnc5c(c4)CCCO5)cn4ccnc34)cc2)CC1.CC(C)n1cc(Nc2nc(-c3cnc4c(c3)CCCO4)cn3ccnc23)cn1.COc1cc(Nc2nc(-c3cnc4c(c3)CCCO4)cn3ccnc23)ccc1C1=CCOCC1.COc1cc(Nc2nc(-c3cnc4c(c3)CCCO4)cn3ccnc23)ccc1N(C)C. The van der Waals surface area contributed by atoms with Crippen LogP contribution in [0.5, 0.6) is 35.0 Å². The first kappa shape index (κ1) is 82.3. The zero-order chi connectivity index (χ0) is 87.1. The molecule has 3 aromatic carbocycles. The van der Waals surface area contributed by atoms with E-state index in [4.69, 9.17) is 53.1 Å². The van der Waals surface area contributed by atoms with Gasteiger partial charge in [-0.1, -0.05) is 6.08 Å². The van der Waals surface area contributed by atoms with Gasteiger partial charge >= 0.3 is 0 Å². The number of imidazole rings is 4. The molecule has 22 rings (SSSR count). The van der Waals surface area contributed by atoms with Gasteiger partial charge in [-0.2, -0.15) is 5.10 Å². The molecule has 1 amide bonds. The summed E-state index contributed by atoms with van der Waals surface area (Å²) in [5.41, 5.74) is 22.6. The van der Waals surface area contributed by atoms with Crippen LogP contribution in [0, 0.1) is 0 Å². The number of piperazine rings is 1. The topological polar surface area (TPSA) is 330 Å². The summed E-state index contributed by atoms with van der Waals surface area (Å²) in [4.78, 5) is 73.2. The second-order valence-electron chi connectivity index (χ2n) is 32.2. The second kappa shape index (κ2) is 36.9. The van der Waals surface area contributed by atoms with Crippen LogP contribution in [0.15, 0.2) is 203 Å². The number of aryl methyl sites for hydroxylation is 4. The van der Waals surface area contributed by atoms with Crippen molar-refractivity contribution in [3.8, 4) is 80.0 Å². The van der Waals surface area contributed by atoms with Crippen LogP contribution in [0.4, 0.5) is 57.4 Å². The molecule has 0 saturated carbocycles. The van der Waals surface area contributed by atoms with Gasteiger partial charge in [0.15, 0.2) is 45.9 Å². The van der Waals surface area contributed by atoms with Crippen molar-refractivity contribution in [2.75, 3.05) is 125 Å². The lowest BCUT2D eigenvalue weighted by molar-refractivity contribution is -0.129. The van der Waals surface area contributed by atoms with E-state index in [9.17, 15) is 4.79 Å². The molecule has 0 spiro atoms. The molecule has 13 aromatic heterocycles. The number of amides is 1. The summed E-state index contributed by atoms with van der Waals surface area (Å²) in [6, 6.07) is 29.2. The van der Waals surface area contributed by atoms with Gasteiger partial charge in [-0.3, -0.25) is 9.48 Å². The van der Waals surface area contributed by atoms with Crippen molar-refractivity contribution in [2.45, 2.75) is 84.6 Å². The van der Waals surface area contributed by atoms with Crippen LogP contribution in [0.3, 0.4) is 0 Å². The van der Waals surface area contributed by atoms with E-state index in [1.54, 1.807) is 52.1 Å². The third-order valence-electron chi connectivity index (χ3n) is 23.0. The van der Waals surface area contributed by atoms with Crippen LogP contribution in [0.2, 0.25) is 0 Å². The molecule has 19 heterocycles. The summed E-state index contributed by atoms with van der Waals surface area (Å²) >= 11 is 0. The first-order chi connectivity index (χ1) is 62.7. The van der Waals surface area contributed by atoms with Crippen molar-refractivity contribution in [2.24, 2.45) is 0 Å². The first-order valence-electron chi connectivity index (χ1n) is 43.1. The third-order valence-corrected chi connectivity index (χ3v) is 23.0. The lowest BCUT2D eigenvalue weighted by atomic mass is 10.00. The Kier molecular flexibility index (Phi) is 23.7. The predicted molar refractivity (Wildman–Crippen MR) is 491 cm³/mol. The maximum absolute atomic E-state index is 11.6. The van der Waals surface area contributed by atoms with Gasteiger partial charge in [0.05, 0.1) is 94.2 Å². The number of carbonyl (C=O) groups is 1. The molecule has 1 saturated heterocycles. The van der Waals surface area contributed by atoms with Crippen LogP contribution in [0.1, 0.15) is 86.7 Å². The molecule has 16 aromatic rings. The fourth-order valence-corrected chi connectivity index (χ4v) is 16.3. The summed E-state index contributed by atoms with van der Waals surface area (Å²) in [6.45, 7) is 13.3. The standard InChI is InChI=1S/C26H27N7O2.C26H25N5O3.C23H24N6O2.C20H21N7O/c1-18(34)31-10-12-32(13-11-31)22-6-4-21(5-7-22)29-24-25-27-8-9-33(25)17-23(30-24)20-15-19-3-2-14-35-26(19)28-16-20;1-32-23-14-20(4-5-21(23)17-6-11-33-12-7-17)29-24-25-27-8-9-31(25)16-22(30-24)19-13-18-3-2-10-34-26(18)28-15-19;1-28(2)19-7-6-17(12-20(19)30-3)26-21-22-24-8-9-29(22)14-18(27-21)16-11-15-5-4-10-31-23(15)25-13-16;1-13(2)27-11-16(10-23-27)24-18-19-21-5-6-26(19)12-17(25-18)15-8-14-4-3-7-28-20(14)22-9-15/h4-9,15-17H,2-3,10-14H2,1H3,(H,29,30);4-6,8-9,13-16H,2-3,7,10-12H2,1H3,(H,29,30);6-9,11-14H,4-5,10H2,1-3H3,(H,26,27);5-6,8-13H,3-4,7H2,1-2H3,(H,24,25). The first-order valence-corrected chi connectivity index (χ1v) is 43.1. The van der Waals surface area contributed by atoms with Crippen LogP contribution < -0.4 is 59.5 Å². The highest BCUT2D eigenvalue weighted by Crippen LogP contribution is 2.39. The molecule has 650 valence electrons. The molecule has 4 N–H and O–H groups in total.